The lowest BCUT2D eigenvalue weighted by molar-refractivity contribution is 0.992. The first-order valence-electron chi connectivity index (χ1n) is 47.6. The van der Waals surface area contributed by atoms with Crippen LogP contribution in [0.3, 0.4) is 0 Å². The molecule has 0 bridgehead atoms. The van der Waals surface area contributed by atoms with Crippen molar-refractivity contribution >= 4 is 120 Å². The van der Waals surface area contributed by atoms with Gasteiger partial charge in [-0.3, -0.25) is 4.57 Å². The van der Waals surface area contributed by atoms with E-state index in [9.17, 15) is 0 Å². The minimum absolute atomic E-state index is 0.641. The molecule has 0 spiro atoms. The van der Waals surface area contributed by atoms with Crippen LogP contribution in [0.4, 0.5) is 0 Å². The molecule has 20 aromatic carbocycles. The van der Waals surface area contributed by atoms with Gasteiger partial charge in [-0.1, -0.05) is 364 Å². The lowest BCUT2D eigenvalue weighted by Gasteiger charge is -2.11. The highest BCUT2D eigenvalue weighted by Gasteiger charge is 2.24. The van der Waals surface area contributed by atoms with Crippen LogP contribution < -0.4 is 0 Å². The summed E-state index contributed by atoms with van der Waals surface area (Å²) in [5, 5.41) is 13.4. The Bertz CT molecular complexity index is 9430. The van der Waals surface area contributed by atoms with Crippen molar-refractivity contribution in [1.82, 2.24) is 57.7 Å². The number of nitrogens with zero attached hydrogens (tertiary/aromatic N) is 12. The van der Waals surface area contributed by atoms with Gasteiger partial charge in [0.1, 0.15) is 0 Å². The van der Waals surface area contributed by atoms with E-state index in [-0.39, 0.29) is 0 Å². The third kappa shape index (κ3) is 14.9. The van der Waals surface area contributed by atoms with Crippen LogP contribution in [0, 0.1) is 0 Å². The molecule has 8 aromatic heterocycles. The van der Waals surface area contributed by atoms with Crippen LogP contribution in [0.2, 0.25) is 0 Å². The Morgan fingerprint density at radius 2 is 0.404 bits per heavy atom. The van der Waals surface area contributed by atoms with Gasteiger partial charge in [0, 0.05) is 122 Å². The minimum Gasteiger partial charge on any atom is -0.309 e. The van der Waals surface area contributed by atoms with E-state index < -0.39 is 0 Å². The van der Waals surface area contributed by atoms with Gasteiger partial charge in [0.15, 0.2) is 23.3 Å². The minimum atomic E-state index is 0.641. The highest BCUT2D eigenvalue weighted by Crippen LogP contribution is 2.43. The van der Waals surface area contributed by atoms with Crippen LogP contribution in [0.1, 0.15) is 0 Å². The summed E-state index contributed by atoms with van der Waals surface area (Å²) in [6, 6.07) is 177. The van der Waals surface area contributed by atoms with Gasteiger partial charge in [-0.25, -0.2) is 34.9 Å². The van der Waals surface area contributed by atoms with Crippen molar-refractivity contribution in [2.24, 2.45) is 0 Å². The molecule has 0 fully saturated rings. The van der Waals surface area contributed by atoms with Crippen molar-refractivity contribution in [2.45, 2.75) is 0 Å². The van der Waals surface area contributed by atoms with Gasteiger partial charge in [-0.15, -0.1) is 0 Å². The van der Waals surface area contributed by atoms with Crippen LogP contribution in [0.25, 0.3) is 250 Å². The quantitative estimate of drug-likeness (QED) is 0.106. The molecule has 12 heteroatoms. The van der Waals surface area contributed by atoms with Gasteiger partial charge < -0.3 is 18.3 Å². The topological polar surface area (TPSA) is 115 Å². The average Bonchev–Trinajstić information content (AvgIpc) is 1.58. The van der Waals surface area contributed by atoms with Crippen molar-refractivity contribution in [2.75, 3.05) is 0 Å². The Hall–Kier alpha value is -19.2. The molecule has 0 aliphatic heterocycles. The summed E-state index contributed by atoms with van der Waals surface area (Å²) in [5.41, 5.74) is 32.0. The fraction of sp³-hybridized carbons (Fsp3) is 0. The van der Waals surface area contributed by atoms with Gasteiger partial charge in [-0.2, -0.15) is 0 Å². The Labute approximate surface area is 811 Å². The number of hydrogen-bond acceptors (Lipinski definition) is 7. The first kappa shape index (κ1) is 82.5. The standard InChI is InChI=1S/C46H30N4.C45H29N5.C38H25N3/c1-2-11-31(12-3-1)32-21-23-33(24-22-32)34-13-10-14-35(29-34)41-27-28-47-46(48-41)50-44-20-9-6-17-39(44)40-30-36(25-26-45(40)50)49-42-18-7-4-15-37(42)38-16-5-8-19-43(38)49;1-3-13-30(14-4-1)43-46-44(31-15-5-2-6-16-31)48-45(47-43)32-23-25-33(26-24-32)49-41-22-12-9-19-37(41)38-29-34(27-28-42(38)49)50-39-20-10-7-17-35(39)36-18-8-11-21-40(36)50;1-2-10-29(11-3-1)38-39-34-15-7-4-14-33(34)37(40-38)28-20-18-26(19-21-28)27-22-24-30(25-23-27)41-35-16-8-5-12-31(35)32-13-6-9-17-36(32)41/h1-30H;1-29H;1-25H. The van der Waals surface area contributed by atoms with Crippen LogP contribution in [-0.2, 0) is 0 Å². The molecule has 0 radical (unpaired) electrons. The second-order valence-corrected chi connectivity index (χ2v) is 35.5. The molecule has 141 heavy (non-hydrogen) atoms. The molecule has 0 atom stereocenters. The summed E-state index contributed by atoms with van der Waals surface area (Å²) in [5.74, 6) is 3.34. The maximum Gasteiger partial charge on any atom is 0.235 e. The van der Waals surface area contributed by atoms with Crippen LogP contribution in [-0.4, -0.2) is 57.7 Å². The Morgan fingerprint density at radius 3 is 0.809 bits per heavy atom. The molecule has 0 N–H and O–H groups in total. The Morgan fingerprint density at radius 1 is 0.142 bits per heavy atom. The molecule has 28 rings (SSSR count). The van der Waals surface area contributed by atoms with E-state index in [2.05, 4.69) is 423 Å². The Kier molecular flexibility index (Phi) is 20.6. The van der Waals surface area contributed by atoms with E-state index in [0.717, 1.165) is 117 Å². The second-order valence-electron chi connectivity index (χ2n) is 35.5. The van der Waals surface area contributed by atoms with E-state index in [0.29, 0.717) is 23.4 Å². The molecule has 12 nitrogen and oxygen atoms in total. The van der Waals surface area contributed by atoms with Gasteiger partial charge in [0.05, 0.1) is 72.1 Å². The van der Waals surface area contributed by atoms with E-state index in [1.807, 2.05) is 109 Å². The predicted molar refractivity (Wildman–Crippen MR) is 582 cm³/mol. The third-order valence-electron chi connectivity index (χ3n) is 27.2. The highest BCUT2D eigenvalue weighted by molar-refractivity contribution is 6.15. The van der Waals surface area contributed by atoms with Crippen molar-refractivity contribution in [3.63, 3.8) is 0 Å². The zero-order chi connectivity index (χ0) is 93.2. The summed E-state index contributed by atoms with van der Waals surface area (Å²) in [6.07, 6.45) is 1.87. The molecule has 0 amide bonds. The van der Waals surface area contributed by atoms with E-state index in [4.69, 9.17) is 34.9 Å². The molecule has 0 aliphatic carbocycles. The lowest BCUT2D eigenvalue weighted by atomic mass is 9.98. The van der Waals surface area contributed by atoms with Crippen molar-refractivity contribution in [1.29, 1.82) is 0 Å². The zero-order valence-electron chi connectivity index (χ0n) is 76.4. The maximum atomic E-state index is 5.18. The largest absolute Gasteiger partial charge is 0.309 e. The maximum absolute atomic E-state index is 5.18. The van der Waals surface area contributed by atoms with Crippen LogP contribution in [0.5, 0.6) is 0 Å². The molecule has 660 valence electrons. The third-order valence-corrected chi connectivity index (χ3v) is 27.2. The molecule has 28 aromatic rings. The summed E-state index contributed by atoms with van der Waals surface area (Å²) >= 11 is 0. The van der Waals surface area contributed by atoms with E-state index >= 15 is 0 Å². The summed E-state index contributed by atoms with van der Waals surface area (Å²) < 4.78 is 11.6. The number of fused-ring (bicyclic) bond motifs is 16. The van der Waals surface area contributed by atoms with Crippen LogP contribution in [0.15, 0.2) is 510 Å². The molecule has 0 unspecified atom stereocenters. The summed E-state index contributed by atoms with van der Waals surface area (Å²) in [6.45, 7) is 0. The first-order valence-corrected chi connectivity index (χ1v) is 47.6. The number of para-hydroxylation sites is 9. The highest BCUT2D eigenvalue weighted by atomic mass is 15.2. The Balaban J connectivity index is 0.000000109. The molecular formula is C129H84N12. The van der Waals surface area contributed by atoms with Gasteiger partial charge in [-0.05, 0) is 173 Å². The summed E-state index contributed by atoms with van der Waals surface area (Å²) in [7, 11) is 0. The monoisotopic (exact) mass is 1800 g/mol. The van der Waals surface area contributed by atoms with Crippen LogP contribution >= 0.6 is 0 Å². The molecule has 0 saturated carbocycles. The lowest BCUT2D eigenvalue weighted by Crippen LogP contribution is -2.02. The number of hydrogen-bond donors (Lipinski definition) is 0. The molecule has 0 aliphatic rings. The van der Waals surface area contributed by atoms with Gasteiger partial charge >= 0.3 is 0 Å². The van der Waals surface area contributed by atoms with E-state index in [1.165, 1.54) is 109 Å². The number of rotatable bonds is 14. The zero-order valence-corrected chi connectivity index (χ0v) is 76.4. The average molecular weight is 1800 g/mol. The SMILES string of the molecule is c1ccc(-c2ccc(-c3cccc(-c4ccnc(-n5c6ccccc6c6cc(-n7c8ccccc8c8ccccc87)ccc65)n4)c3)cc2)cc1.c1ccc(-c2nc(-c3ccc(-c4ccc(-n5c6ccccc6c6ccccc65)cc4)cc3)c3ccccc3n2)cc1.c1ccc(-c2nc(-c3ccccc3)nc(-c3ccc(-n4c5ccccc5c5cc(-n6c7ccccc7c7ccccc76)ccc54)cc3)n2)cc1. The predicted octanol–water partition coefficient (Wildman–Crippen LogP) is 32.5. The van der Waals surface area contributed by atoms with E-state index in [1.54, 1.807) is 0 Å². The molecular weight excluding hydrogens is 1720 g/mol. The van der Waals surface area contributed by atoms with Crippen molar-refractivity contribution < 1.29 is 0 Å². The normalized spacial score (nSPS) is 11.5. The molecule has 8 heterocycles. The fourth-order valence-electron chi connectivity index (χ4n) is 20.6. The number of benzene rings is 20. The fourth-order valence-corrected chi connectivity index (χ4v) is 20.6. The van der Waals surface area contributed by atoms with Crippen molar-refractivity contribution in [3.05, 3.63) is 510 Å². The molecule has 0 saturated heterocycles. The summed E-state index contributed by atoms with van der Waals surface area (Å²) in [4.78, 5) is 34.6. The second kappa shape index (κ2) is 35.3. The smallest absolute Gasteiger partial charge is 0.235 e. The van der Waals surface area contributed by atoms with Crippen molar-refractivity contribution in [3.8, 4) is 130 Å². The first-order chi connectivity index (χ1) is 69.9. The number of aromatic nitrogens is 12. The van der Waals surface area contributed by atoms with Gasteiger partial charge in [0.25, 0.3) is 0 Å². The van der Waals surface area contributed by atoms with Gasteiger partial charge in [0.2, 0.25) is 5.95 Å².